The molecule has 1 aromatic heterocycles. The molecule has 0 unspecified atom stereocenters. The van der Waals surface area contributed by atoms with Gasteiger partial charge in [-0.1, -0.05) is 0 Å². The highest BCUT2D eigenvalue weighted by atomic mass is 16.4. The molecule has 0 aliphatic rings. The molecule has 0 saturated carbocycles. The quantitative estimate of drug-likeness (QED) is 0.414. The summed E-state index contributed by atoms with van der Waals surface area (Å²) in [5.74, 6) is 5.66. The van der Waals surface area contributed by atoms with Crippen molar-refractivity contribution in [3.8, 4) is 0 Å². The second-order valence-electron chi connectivity index (χ2n) is 3.44. The molecule has 0 aliphatic carbocycles. The number of nitrogens with two attached hydrogens (primary N) is 1. The minimum atomic E-state index is -0.396. The number of nitrogens with one attached hydrogen (secondary N) is 1. The molecule has 1 heterocycles. The Morgan fingerprint density at radius 2 is 2.29 bits per heavy atom. The molecule has 0 aliphatic heterocycles. The van der Waals surface area contributed by atoms with Crippen molar-refractivity contribution in [1.29, 1.82) is 0 Å². The van der Waals surface area contributed by atoms with E-state index in [9.17, 15) is 4.79 Å². The first kappa shape index (κ1) is 10.7. The molecule has 78 valence electrons. The number of carbonyl (C=O) groups is 1. The molecule has 0 aromatic carbocycles. The summed E-state index contributed by atoms with van der Waals surface area (Å²) >= 11 is 0. The Balaban J connectivity index is 2.87. The summed E-state index contributed by atoms with van der Waals surface area (Å²) in [5.41, 5.74) is 2.84. The molecule has 0 spiro atoms. The maximum Gasteiger partial charge on any atom is 0.301 e. The fourth-order valence-electron chi connectivity index (χ4n) is 1.23. The van der Waals surface area contributed by atoms with Gasteiger partial charge in [-0.2, -0.15) is 0 Å². The number of hydrazine groups is 1. The van der Waals surface area contributed by atoms with Crippen molar-refractivity contribution in [2.24, 2.45) is 5.84 Å². The number of nitrogens with zero attached hydrogens (tertiary/aromatic N) is 1. The van der Waals surface area contributed by atoms with Crippen LogP contribution < -0.4 is 11.3 Å². The van der Waals surface area contributed by atoms with E-state index in [0.717, 1.165) is 11.3 Å². The summed E-state index contributed by atoms with van der Waals surface area (Å²) in [7, 11) is 3.86. The number of hydrogen-bond acceptors (Lipinski definition) is 4. The van der Waals surface area contributed by atoms with Crippen LogP contribution in [0.25, 0.3) is 0 Å². The molecule has 5 heteroatoms. The molecule has 1 aromatic rings. The Morgan fingerprint density at radius 1 is 1.64 bits per heavy atom. The summed E-state index contributed by atoms with van der Waals surface area (Å²) in [4.78, 5) is 13.2. The van der Waals surface area contributed by atoms with Crippen LogP contribution in [0, 0.1) is 6.92 Å². The Bertz CT molecular complexity index is 331. The normalized spacial score (nSPS) is 10.6. The third-order valence-corrected chi connectivity index (χ3v) is 1.78. The topological polar surface area (TPSA) is 71.5 Å². The Morgan fingerprint density at radius 3 is 2.79 bits per heavy atom. The number of rotatable bonds is 3. The largest absolute Gasteiger partial charge is 0.454 e. The zero-order chi connectivity index (χ0) is 10.7. The lowest BCUT2D eigenvalue weighted by Crippen LogP contribution is -2.30. The average molecular weight is 197 g/mol. The van der Waals surface area contributed by atoms with Crippen molar-refractivity contribution in [2.45, 2.75) is 13.5 Å². The van der Waals surface area contributed by atoms with E-state index in [1.807, 2.05) is 37.4 Å². The van der Waals surface area contributed by atoms with E-state index in [0.29, 0.717) is 6.54 Å². The van der Waals surface area contributed by atoms with Crippen molar-refractivity contribution < 1.29 is 9.21 Å². The summed E-state index contributed by atoms with van der Waals surface area (Å²) in [6.45, 7) is 2.48. The molecule has 14 heavy (non-hydrogen) atoms. The number of nitrogen functional groups attached to an aromatic ring is 1. The van der Waals surface area contributed by atoms with Gasteiger partial charge in [0, 0.05) is 5.56 Å². The van der Waals surface area contributed by atoms with Crippen LogP contribution in [0.15, 0.2) is 10.5 Å². The van der Waals surface area contributed by atoms with Crippen LogP contribution in [-0.2, 0) is 6.54 Å². The summed E-state index contributed by atoms with van der Waals surface area (Å²) in [6, 6.07) is 1.84. The van der Waals surface area contributed by atoms with Gasteiger partial charge in [-0.3, -0.25) is 10.2 Å². The average Bonchev–Trinajstić information content (AvgIpc) is 2.44. The number of aryl methyl sites for hydroxylation is 1. The van der Waals surface area contributed by atoms with Crippen LogP contribution in [0.3, 0.4) is 0 Å². The van der Waals surface area contributed by atoms with Crippen molar-refractivity contribution in [1.82, 2.24) is 10.3 Å². The third-order valence-electron chi connectivity index (χ3n) is 1.78. The third kappa shape index (κ3) is 2.34. The molecular weight excluding hydrogens is 182 g/mol. The highest BCUT2D eigenvalue weighted by Gasteiger charge is 2.14. The van der Waals surface area contributed by atoms with Crippen LogP contribution in [0.5, 0.6) is 0 Å². The van der Waals surface area contributed by atoms with Crippen LogP contribution in [0.2, 0.25) is 0 Å². The lowest BCUT2D eigenvalue weighted by atomic mass is 10.2. The molecular formula is C9H15N3O2. The predicted octanol–water partition coefficient (Wildman–Crippen LogP) is 0.253. The molecule has 5 nitrogen and oxygen atoms in total. The van der Waals surface area contributed by atoms with Gasteiger partial charge in [0.2, 0.25) is 0 Å². The van der Waals surface area contributed by atoms with Gasteiger partial charge in [-0.05, 0) is 27.1 Å². The van der Waals surface area contributed by atoms with Gasteiger partial charge < -0.3 is 9.32 Å². The maximum atomic E-state index is 11.2. The van der Waals surface area contributed by atoms with Gasteiger partial charge in [0.25, 0.3) is 0 Å². The van der Waals surface area contributed by atoms with Crippen LogP contribution in [-0.4, -0.2) is 24.9 Å². The molecule has 0 fully saturated rings. The summed E-state index contributed by atoms with van der Waals surface area (Å²) in [6.07, 6.45) is 0. The van der Waals surface area contributed by atoms with Gasteiger partial charge in [0.15, 0.2) is 5.76 Å². The molecule has 0 bridgehead atoms. The van der Waals surface area contributed by atoms with Crippen LogP contribution in [0.1, 0.15) is 21.9 Å². The standard InChI is InChI=1S/C9H15N3O2/c1-6-4-7(5-12(2)3)14-8(6)9(13)11-10/h4H,5,10H2,1-3H3,(H,11,13). The molecule has 0 atom stereocenters. The number of furan rings is 1. The van der Waals surface area contributed by atoms with Crippen LogP contribution >= 0.6 is 0 Å². The highest BCUT2D eigenvalue weighted by molar-refractivity contribution is 5.92. The van der Waals surface area contributed by atoms with E-state index in [2.05, 4.69) is 0 Å². The zero-order valence-electron chi connectivity index (χ0n) is 8.63. The number of carbonyl (C=O) groups excluding carboxylic acids is 1. The van der Waals surface area contributed by atoms with Crippen molar-refractivity contribution in [2.75, 3.05) is 14.1 Å². The predicted molar refractivity (Wildman–Crippen MR) is 52.5 cm³/mol. The fraction of sp³-hybridized carbons (Fsp3) is 0.444. The summed E-state index contributed by atoms with van der Waals surface area (Å²) in [5, 5.41) is 0. The van der Waals surface area contributed by atoms with Crippen LogP contribution in [0.4, 0.5) is 0 Å². The highest BCUT2D eigenvalue weighted by Crippen LogP contribution is 2.15. The SMILES string of the molecule is Cc1cc(CN(C)C)oc1C(=O)NN. The van der Waals surface area contributed by atoms with Crippen molar-refractivity contribution >= 4 is 5.91 Å². The smallest absolute Gasteiger partial charge is 0.301 e. The molecule has 1 amide bonds. The lowest BCUT2D eigenvalue weighted by molar-refractivity contribution is 0.0922. The van der Waals surface area contributed by atoms with E-state index >= 15 is 0 Å². The van der Waals surface area contributed by atoms with E-state index in [4.69, 9.17) is 10.3 Å². The van der Waals surface area contributed by atoms with Gasteiger partial charge in [-0.15, -0.1) is 0 Å². The van der Waals surface area contributed by atoms with Gasteiger partial charge >= 0.3 is 5.91 Å². The first-order valence-corrected chi connectivity index (χ1v) is 4.29. The second kappa shape index (κ2) is 4.26. The Hall–Kier alpha value is -1.33. The molecule has 3 N–H and O–H groups in total. The summed E-state index contributed by atoms with van der Waals surface area (Å²) < 4.78 is 5.34. The van der Waals surface area contributed by atoms with E-state index < -0.39 is 5.91 Å². The first-order chi connectivity index (χ1) is 6.54. The van der Waals surface area contributed by atoms with Gasteiger partial charge in [0.05, 0.1) is 6.54 Å². The first-order valence-electron chi connectivity index (χ1n) is 4.29. The van der Waals surface area contributed by atoms with E-state index in [1.165, 1.54) is 0 Å². The second-order valence-corrected chi connectivity index (χ2v) is 3.44. The van der Waals surface area contributed by atoms with E-state index in [1.54, 1.807) is 0 Å². The van der Waals surface area contributed by atoms with Crippen molar-refractivity contribution in [3.63, 3.8) is 0 Å². The van der Waals surface area contributed by atoms with E-state index in [-0.39, 0.29) is 5.76 Å². The minimum absolute atomic E-state index is 0.282. The van der Waals surface area contributed by atoms with Gasteiger partial charge in [-0.25, -0.2) is 5.84 Å². The van der Waals surface area contributed by atoms with Crippen molar-refractivity contribution in [3.05, 3.63) is 23.2 Å². The fourth-order valence-corrected chi connectivity index (χ4v) is 1.23. The Labute approximate surface area is 82.8 Å². The van der Waals surface area contributed by atoms with Gasteiger partial charge in [0.1, 0.15) is 5.76 Å². The lowest BCUT2D eigenvalue weighted by Gasteiger charge is -2.05. The molecule has 0 radical (unpaired) electrons. The molecule has 1 rings (SSSR count). The minimum Gasteiger partial charge on any atom is -0.454 e. The zero-order valence-corrected chi connectivity index (χ0v) is 8.63. The monoisotopic (exact) mass is 197 g/mol. The maximum absolute atomic E-state index is 11.2. The molecule has 0 saturated heterocycles. The Kier molecular flexibility index (Phi) is 3.27. The number of hydrogen-bond donors (Lipinski definition) is 2. The number of amides is 1.